The molecule has 0 radical (unpaired) electrons. The summed E-state index contributed by atoms with van der Waals surface area (Å²) in [5.74, 6) is -0.626. The molecule has 0 fully saturated rings. The lowest BCUT2D eigenvalue weighted by Gasteiger charge is -2.07. The molecule has 4 nitrogen and oxygen atoms in total. The molecule has 0 aliphatic rings. The van der Waals surface area contributed by atoms with Crippen molar-refractivity contribution in [1.29, 1.82) is 0 Å². The predicted molar refractivity (Wildman–Crippen MR) is 63.8 cm³/mol. The Labute approximate surface area is 104 Å². The summed E-state index contributed by atoms with van der Waals surface area (Å²) in [6, 6.07) is 4.75. The Kier molecular flexibility index (Phi) is 4.97. The summed E-state index contributed by atoms with van der Waals surface area (Å²) in [6.45, 7) is 0. The molecule has 17 heavy (non-hydrogen) atoms. The second-order valence-electron chi connectivity index (χ2n) is 3.52. The molecule has 0 amide bonds. The lowest BCUT2D eigenvalue weighted by molar-refractivity contribution is -0.137. The Balaban J connectivity index is 2.71. The summed E-state index contributed by atoms with van der Waals surface area (Å²) in [5.41, 5.74) is 0.433. The van der Waals surface area contributed by atoms with Crippen LogP contribution in [0.4, 0.5) is 0 Å². The maximum Gasteiger partial charge on any atom is 0.303 e. The van der Waals surface area contributed by atoms with Crippen molar-refractivity contribution in [3.63, 3.8) is 0 Å². The first-order chi connectivity index (χ1) is 8.04. The molecule has 1 N–H and O–H groups in total. The third kappa shape index (κ3) is 4.07. The monoisotopic (exact) mass is 256 g/mol. The van der Waals surface area contributed by atoms with E-state index in [0.29, 0.717) is 22.8 Å². The molecule has 0 saturated heterocycles. The minimum absolute atomic E-state index is 0.0123. The van der Waals surface area contributed by atoms with Crippen molar-refractivity contribution in [3.8, 4) is 5.75 Å². The van der Waals surface area contributed by atoms with E-state index in [1.165, 1.54) is 7.11 Å². The molecule has 92 valence electrons. The number of carboxylic acid groups (broad SMARTS) is 1. The van der Waals surface area contributed by atoms with E-state index in [-0.39, 0.29) is 18.6 Å². The Morgan fingerprint density at radius 3 is 2.65 bits per heavy atom. The largest absolute Gasteiger partial charge is 0.496 e. The van der Waals surface area contributed by atoms with Crippen LogP contribution in [0.1, 0.15) is 29.6 Å². The van der Waals surface area contributed by atoms with E-state index < -0.39 is 5.97 Å². The topological polar surface area (TPSA) is 63.6 Å². The van der Waals surface area contributed by atoms with Crippen LogP contribution in [0.15, 0.2) is 18.2 Å². The van der Waals surface area contributed by atoms with Crippen LogP contribution in [0.2, 0.25) is 5.02 Å². The Morgan fingerprint density at radius 2 is 2.06 bits per heavy atom. The van der Waals surface area contributed by atoms with Gasteiger partial charge in [0.1, 0.15) is 5.75 Å². The van der Waals surface area contributed by atoms with Gasteiger partial charge in [-0.05, 0) is 24.6 Å². The average Bonchev–Trinajstić information content (AvgIpc) is 2.28. The number of aliphatic carboxylic acids is 1. The lowest BCUT2D eigenvalue weighted by atomic mass is 10.0. The lowest BCUT2D eigenvalue weighted by Crippen LogP contribution is -2.04. The summed E-state index contributed by atoms with van der Waals surface area (Å²) >= 11 is 5.78. The van der Waals surface area contributed by atoms with Crippen molar-refractivity contribution >= 4 is 23.4 Å². The van der Waals surface area contributed by atoms with E-state index in [4.69, 9.17) is 21.4 Å². The molecule has 0 aliphatic carbocycles. The quantitative estimate of drug-likeness (QED) is 0.795. The molecular formula is C12H13ClO4. The number of ketones is 1. The van der Waals surface area contributed by atoms with Gasteiger partial charge in [-0.15, -0.1) is 0 Å². The van der Waals surface area contributed by atoms with Crippen LogP contribution in [0.25, 0.3) is 0 Å². The fourth-order valence-electron chi connectivity index (χ4n) is 1.43. The van der Waals surface area contributed by atoms with Gasteiger partial charge in [-0.25, -0.2) is 0 Å². The third-order valence-electron chi connectivity index (χ3n) is 2.26. The van der Waals surface area contributed by atoms with Gasteiger partial charge in [0.25, 0.3) is 0 Å². The van der Waals surface area contributed by atoms with Crippen molar-refractivity contribution in [2.24, 2.45) is 0 Å². The number of Topliss-reactive ketones (excluding diaryl/α,β-unsaturated/α-hetero) is 1. The maximum atomic E-state index is 11.8. The van der Waals surface area contributed by atoms with Gasteiger partial charge in [0.15, 0.2) is 5.78 Å². The van der Waals surface area contributed by atoms with Gasteiger partial charge in [0, 0.05) is 17.9 Å². The van der Waals surface area contributed by atoms with Gasteiger partial charge in [0.05, 0.1) is 12.7 Å². The number of hydrogen-bond donors (Lipinski definition) is 1. The number of carbonyl (C=O) groups excluding carboxylic acids is 1. The van der Waals surface area contributed by atoms with Gasteiger partial charge in [-0.2, -0.15) is 0 Å². The highest BCUT2D eigenvalue weighted by Gasteiger charge is 2.12. The van der Waals surface area contributed by atoms with E-state index in [9.17, 15) is 9.59 Å². The molecule has 0 heterocycles. The number of ether oxygens (including phenoxy) is 1. The summed E-state index contributed by atoms with van der Waals surface area (Å²) in [4.78, 5) is 22.1. The molecule has 0 aliphatic heterocycles. The summed E-state index contributed by atoms with van der Waals surface area (Å²) in [7, 11) is 1.46. The molecule has 0 bridgehead atoms. The minimum Gasteiger partial charge on any atom is -0.496 e. The molecule has 0 unspecified atom stereocenters. The molecule has 0 aromatic heterocycles. The number of hydrogen-bond acceptors (Lipinski definition) is 3. The van der Waals surface area contributed by atoms with Crippen LogP contribution in [0.3, 0.4) is 0 Å². The number of carbonyl (C=O) groups is 2. The van der Waals surface area contributed by atoms with Crippen molar-refractivity contribution in [1.82, 2.24) is 0 Å². The van der Waals surface area contributed by atoms with Gasteiger partial charge in [-0.3, -0.25) is 9.59 Å². The fourth-order valence-corrected chi connectivity index (χ4v) is 1.59. The van der Waals surface area contributed by atoms with E-state index in [1.807, 2.05) is 0 Å². The smallest absolute Gasteiger partial charge is 0.303 e. The fraction of sp³-hybridized carbons (Fsp3) is 0.333. The van der Waals surface area contributed by atoms with Crippen molar-refractivity contribution in [3.05, 3.63) is 28.8 Å². The van der Waals surface area contributed by atoms with Crippen LogP contribution >= 0.6 is 11.6 Å². The van der Waals surface area contributed by atoms with Gasteiger partial charge in [-0.1, -0.05) is 11.6 Å². The van der Waals surface area contributed by atoms with E-state index in [2.05, 4.69) is 0 Å². The first-order valence-corrected chi connectivity index (χ1v) is 5.51. The number of halogens is 1. The zero-order chi connectivity index (χ0) is 12.8. The average molecular weight is 257 g/mol. The Morgan fingerprint density at radius 1 is 1.35 bits per heavy atom. The summed E-state index contributed by atoms with van der Waals surface area (Å²) in [5, 5.41) is 8.97. The summed E-state index contributed by atoms with van der Waals surface area (Å²) in [6.07, 6.45) is 0.492. The van der Waals surface area contributed by atoms with Crippen LogP contribution in [-0.4, -0.2) is 24.0 Å². The van der Waals surface area contributed by atoms with Crippen LogP contribution < -0.4 is 4.74 Å². The second-order valence-corrected chi connectivity index (χ2v) is 3.95. The molecule has 1 aromatic carbocycles. The number of methoxy groups -OCH3 is 1. The normalized spacial score (nSPS) is 10.0. The first kappa shape index (κ1) is 13.5. The first-order valence-electron chi connectivity index (χ1n) is 5.13. The number of benzene rings is 1. The van der Waals surface area contributed by atoms with E-state index in [1.54, 1.807) is 18.2 Å². The van der Waals surface area contributed by atoms with Crippen LogP contribution in [-0.2, 0) is 4.79 Å². The second kappa shape index (κ2) is 6.25. The molecular weight excluding hydrogens is 244 g/mol. The molecule has 5 heteroatoms. The van der Waals surface area contributed by atoms with Crippen molar-refractivity contribution in [2.45, 2.75) is 19.3 Å². The number of rotatable bonds is 6. The number of carboxylic acids is 1. The molecule has 1 rings (SSSR count). The van der Waals surface area contributed by atoms with E-state index in [0.717, 1.165) is 0 Å². The maximum absolute atomic E-state index is 11.8. The molecule has 0 saturated carbocycles. The SMILES string of the molecule is COc1cc(Cl)ccc1C(=O)CCCC(=O)O. The predicted octanol–water partition coefficient (Wildman–Crippen LogP) is 2.79. The molecule has 0 spiro atoms. The van der Waals surface area contributed by atoms with Crippen LogP contribution in [0.5, 0.6) is 5.75 Å². The Hall–Kier alpha value is -1.55. The molecule has 1 aromatic rings. The zero-order valence-corrected chi connectivity index (χ0v) is 10.2. The Bertz CT molecular complexity index is 429. The zero-order valence-electron chi connectivity index (χ0n) is 9.40. The minimum atomic E-state index is -0.902. The van der Waals surface area contributed by atoms with Crippen LogP contribution in [0, 0.1) is 0 Å². The standard InChI is InChI=1S/C12H13ClO4/c1-17-11-7-8(13)5-6-9(11)10(14)3-2-4-12(15)16/h5-7H,2-4H2,1H3,(H,15,16). The van der Waals surface area contributed by atoms with E-state index >= 15 is 0 Å². The van der Waals surface area contributed by atoms with Gasteiger partial charge < -0.3 is 9.84 Å². The van der Waals surface area contributed by atoms with Crippen molar-refractivity contribution in [2.75, 3.05) is 7.11 Å². The highest BCUT2D eigenvalue weighted by atomic mass is 35.5. The highest BCUT2D eigenvalue weighted by Crippen LogP contribution is 2.24. The highest BCUT2D eigenvalue weighted by molar-refractivity contribution is 6.30. The third-order valence-corrected chi connectivity index (χ3v) is 2.49. The van der Waals surface area contributed by atoms with Crippen molar-refractivity contribution < 1.29 is 19.4 Å². The summed E-state index contributed by atoms with van der Waals surface area (Å²) < 4.78 is 5.05. The van der Waals surface area contributed by atoms with Gasteiger partial charge in [0.2, 0.25) is 0 Å². The van der Waals surface area contributed by atoms with Gasteiger partial charge >= 0.3 is 5.97 Å². The molecule has 0 atom stereocenters.